The van der Waals surface area contributed by atoms with Crippen LogP contribution in [0.2, 0.25) is 0 Å². The standard InChI is InChI=1S/C11H23NO3S/c1-10(2)11(13)9-15-7-4-6-14-8-5-12-16-3/h10,12H,4-9H2,1-3H3. The zero-order chi connectivity index (χ0) is 12.2. The van der Waals surface area contributed by atoms with Gasteiger partial charge in [-0.3, -0.25) is 9.52 Å². The second kappa shape index (κ2) is 11.4. The molecule has 96 valence electrons. The van der Waals surface area contributed by atoms with Crippen molar-refractivity contribution in [3.8, 4) is 0 Å². The van der Waals surface area contributed by atoms with Crippen LogP contribution in [0.4, 0.5) is 0 Å². The van der Waals surface area contributed by atoms with Crippen molar-refractivity contribution in [1.82, 2.24) is 4.72 Å². The molecule has 0 heterocycles. The topological polar surface area (TPSA) is 47.6 Å². The molecule has 0 aromatic heterocycles. The van der Waals surface area contributed by atoms with Gasteiger partial charge in [0.15, 0.2) is 5.78 Å². The third kappa shape index (κ3) is 10.4. The summed E-state index contributed by atoms with van der Waals surface area (Å²) in [6.45, 7) is 6.84. The fraction of sp³-hybridized carbons (Fsp3) is 0.909. The predicted octanol–water partition coefficient (Wildman–Crippen LogP) is 1.50. The van der Waals surface area contributed by atoms with Gasteiger partial charge < -0.3 is 9.47 Å². The van der Waals surface area contributed by atoms with Crippen LogP contribution in [0.1, 0.15) is 20.3 Å². The molecular weight excluding hydrogens is 226 g/mol. The maximum atomic E-state index is 11.2. The van der Waals surface area contributed by atoms with Crippen molar-refractivity contribution in [3.63, 3.8) is 0 Å². The van der Waals surface area contributed by atoms with Gasteiger partial charge >= 0.3 is 0 Å². The number of carbonyl (C=O) groups is 1. The van der Waals surface area contributed by atoms with Crippen molar-refractivity contribution in [3.05, 3.63) is 0 Å². The summed E-state index contributed by atoms with van der Waals surface area (Å²) >= 11 is 1.59. The van der Waals surface area contributed by atoms with Crippen molar-refractivity contribution >= 4 is 17.7 Å². The van der Waals surface area contributed by atoms with E-state index in [1.165, 1.54) is 0 Å². The van der Waals surface area contributed by atoms with Gasteiger partial charge in [0.25, 0.3) is 0 Å². The first-order valence-corrected chi connectivity index (χ1v) is 6.85. The Morgan fingerprint density at radius 2 is 1.94 bits per heavy atom. The maximum Gasteiger partial charge on any atom is 0.160 e. The molecule has 0 aromatic carbocycles. The molecule has 0 aliphatic carbocycles. The second-order valence-corrected chi connectivity index (χ2v) is 4.43. The number of carbonyl (C=O) groups excluding carboxylic acids is 1. The number of rotatable bonds is 11. The number of hydrogen-bond donors (Lipinski definition) is 1. The summed E-state index contributed by atoms with van der Waals surface area (Å²) in [5.41, 5.74) is 0. The van der Waals surface area contributed by atoms with Gasteiger partial charge in [-0.15, -0.1) is 0 Å². The largest absolute Gasteiger partial charge is 0.380 e. The third-order valence-electron chi connectivity index (χ3n) is 1.96. The number of ether oxygens (including phenoxy) is 2. The van der Waals surface area contributed by atoms with Crippen molar-refractivity contribution in [2.45, 2.75) is 20.3 Å². The predicted molar refractivity (Wildman–Crippen MR) is 67.6 cm³/mol. The van der Waals surface area contributed by atoms with Crippen LogP contribution >= 0.6 is 11.9 Å². The molecule has 0 saturated carbocycles. The fourth-order valence-electron chi connectivity index (χ4n) is 0.920. The summed E-state index contributed by atoms with van der Waals surface area (Å²) < 4.78 is 13.7. The van der Waals surface area contributed by atoms with Gasteiger partial charge in [0.1, 0.15) is 6.61 Å². The van der Waals surface area contributed by atoms with E-state index in [9.17, 15) is 4.79 Å². The van der Waals surface area contributed by atoms with Crippen LogP contribution in [-0.4, -0.2) is 45.0 Å². The van der Waals surface area contributed by atoms with Crippen molar-refractivity contribution < 1.29 is 14.3 Å². The summed E-state index contributed by atoms with van der Waals surface area (Å²) in [6.07, 6.45) is 2.82. The summed E-state index contributed by atoms with van der Waals surface area (Å²) in [5, 5.41) is 0. The Hall–Kier alpha value is -0.100. The molecule has 0 radical (unpaired) electrons. The lowest BCUT2D eigenvalue weighted by molar-refractivity contribution is -0.126. The molecule has 1 N–H and O–H groups in total. The second-order valence-electron chi connectivity index (χ2n) is 3.74. The molecule has 5 heteroatoms. The molecule has 0 fully saturated rings. The molecule has 0 unspecified atom stereocenters. The van der Waals surface area contributed by atoms with E-state index in [0.717, 1.165) is 13.0 Å². The van der Waals surface area contributed by atoms with Crippen LogP contribution in [-0.2, 0) is 14.3 Å². The van der Waals surface area contributed by atoms with Crippen LogP contribution < -0.4 is 4.72 Å². The Morgan fingerprint density at radius 3 is 2.56 bits per heavy atom. The molecule has 0 atom stereocenters. The first kappa shape index (κ1) is 15.9. The van der Waals surface area contributed by atoms with Crippen LogP contribution in [0.5, 0.6) is 0 Å². The SMILES string of the molecule is CSNCCOCCCOCC(=O)C(C)C. The lowest BCUT2D eigenvalue weighted by Crippen LogP contribution is -2.16. The third-order valence-corrected chi connectivity index (χ3v) is 2.45. The van der Waals surface area contributed by atoms with Gasteiger partial charge in [-0.05, 0) is 12.7 Å². The number of Topliss-reactive ketones (excluding diaryl/α,β-unsaturated/α-hetero) is 1. The van der Waals surface area contributed by atoms with Gasteiger partial charge in [0.05, 0.1) is 6.61 Å². The Morgan fingerprint density at radius 1 is 1.25 bits per heavy atom. The van der Waals surface area contributed by atoms with E-state index in [-0.39, 0.29) is 18.3 Å². The summed E-state index contributed by atoms with van der Waals surface area (Å²) in [4.78, 5) is 11.2. The van der Waals surface area contributed by atoms with Crippen molar-refractivity contribution in [2.75, 3.05) is 39.2 Å². The minimum atomic E-state index is 0.0638. The molecule has 0 aromatic rings. The van der Waals surface area contributed by atoms with E-state index in [4.69, 9.17) is 9.47 Å². The lowest BCUT2D eigenvalue weighted by Gasteiger charge is -2.06. The fourth-order valence-corrected chi connectivity index (χ4v) is 1.21. The molecular formula is C11H23NO3S. The number of hydrogen-bond acceptors (Lipinski definition) is 5. The Bertz CT molecular complexity index is 177. The minimum Gasteiger partial charge on any atom is -0.380 e. The van der Waals surface area contributed by atoms with E-state index in [0.29, 0.717) is 19.8 Å². The highest BCUT2D eigenvalue weighted by Crippen LogP contribution is 1.95. The van der Waals surface area contributed by atoms with Gasteiger partial charge in [-0.1, -0.05) is 25.8 Å². The Labute approximate surface area is 103 Å². The highest BCUT2D eigenvalue weighted by molar-refractivity contribution is 7.96. The van der Waals surface area contributed by atoms with Gasteiger partial charge in [-0.2, -0.15) is 0 Å². The summed E-state index contributed by atoms with van der Waals surface area (Å²) in [7, 11) is 0. The monoisotopic (exact) mass is 249 g/mol. The average molecular weight is 249 g/mol. The van der Waals surface area contributed by atoms with Crippen molar-refractivity contribution in [1.29, 1.82) is 0 Å². The minimum absolute atomic E-state index is 0.0638. The zero-order valence-corrected chi connectivity index (χ0v) is 11.3. The van der Waals surface area contributed by atoms with Gasteiger partial charge in [0.2, 0.25) is 0 Å². The van der Waals surface area contributed by atoms with Gasteiger partial charge in [-0.25, -0.2) is 0 Å². The Balaban J connectivity index is 3.07. The molecule has 0 aliphatic rings. The molecule has 0 aliphatic heterocycles. The molecule has 0 amide bonds. The molecule has 0 spiro atoms. The van der Waals surface area contributed by atoms with E-state index in [1.807, 2.05) is 20.1 Å². The molecule has 0 rings (SSSR count). The molecule has 16 heavy (non-hydrogen) atoms. The smallest absolute Gasteiger partial charge is 0.160 e. The molecule has 0 bridgehead atoms. The van der Waals surface area contributed by atoms with E-state index >= 15 is 0 Å². The first-order chi connectivity index (χ1) is 7.68. The average Bonchev–Trinajstić information content (AvgIpc) is 2.26. The zero-order valence-electron chi connectivity index (χ0n) is 10.5. The first-order valence-electron chi connectivity index (χ1n) is 5.62. The summed E-state index contributed by atoms with van der Waals surface area (Å²) in [6, 6.07) is 0. The van der Waals surface area contributed by atoms with E-state index in [2.05, 4.69) is 4.72 Å². The summed E-state index contributed by atoms with van der Waals surface area (Å²) in [5.74, 6) is 0.221. The van der Waals surface area contributed by atoms with Crippen molar-refractivity contribution in [2.24, 2.45) is 5.92 Å². The molecule has 0 saturated heterocycles. The van der Waals surface area contributed by atoms with Gasteiger partial charge in [0, 0.05) is 25.7 Å². The number of nitrogens with one attached hydrogen (secondary N) is 1. The number of ketones is 1. The highest BCUT2D eigenvalue weighted by Gasteiger charge is 2.06. The quantitative estimate of drug-likeness (QED) is 0.444. The van der Waals surface area contributed by atoms with Crippen LogP contribution in [0.15, 0.2) is 0 Å². The van der Waals surface area contributed by atoms with E-state index < -0.39 is 0 Å². The van der Waals surface area contributed by atoms with Crippen LogP contribution in [0.3, 0.4) is 0 Å². The van der Waals surface area contributed by atoms with Crippen LogP contribution in [0.25, 0.3) is 0 Å². The van der Waals surface area contributed by atoms with Crippen LogP contribution in [0, 0.1) is 5.92 Å². The van der Waals surface area contributed by atoms with E-state index in [1.54, 1.807) is 11.9 Å². The maximum absolute atomic E-state index is 11.2. The highest BCUT2D eigenvalue weighted by atomic mass is 32.2. The molecule has 4 nitrogen and oxygen atoms in total. The Kier molecular flexibility index (Phi) is 11.3. The lowest BCUT2D eigenvalue weighted by atomic mass is 10.1. The normalized spacial score (nSPS) is 11.0.